The van der Waals surface area contributed by atoms with Crippen LogP contribution in [0.3, 0.4) is 0 Å². The molecule has 0 saturated heterocycles. The second-order valence-corrected chi connectivity index (χ2v) is 7.39. The first-order valence-corrected chi connectivity index (χ1v) is 10.1. The van der Waals surface area contributed by atoms with Crippen LogP contribution >= 0.6 is 0 Å². The van der Waals surface area contributed by atoms with Crippen molar-refractivity contribution in [3.63, 3.8) is 0 Å². The molecular weight excluding hydrogens is 398 g/mol. The van der Waals surface area contributed by atoms with Crippen LogP contribution in [0.15, 0.2) is 79.4 Å². The van der Waals surface area contributed by atoms with E-state index >= 15 is 0 Å². The van der Waals surface area contributed by atoms with E-state index in [1.807, 2.05) is 66.2 Å². The lowest BCUT2D eigenvalue weighted by Crippen LogP contribution is -2.08. The molecule has 5 rings (SSSR count). The fourth-order valence-corrected chi connectivity index (χ4v) is 3.60. The van der Waals surface area contributed by atoms with E-state index in [0.717, 1.165) is 33.5 Å². The normalized spacial score (nSPS) is 10.8. The molecule has 32 heavy (non-hydrogen) atoms. The zero-order valence-electron chi connectivity index (χ0n) is 17.4. The third-order valence-electron chi connectivity index (χ3n) is 5.09. The highest BCUT2D eigenvalue weighted by atomic mass is 15.3. The minimum atomic E-state index is 0.520. The largest absolute Gasteiger partial charge is 0.363 e. The molecule has 0 aliphatic rings. The van der Waals surface area contributed by atoms with Crippen molar-refractivity contribution in [2.45, 2.75) is 13.5 Å². The van der Waals surface area contributed by atoms with Gasteiger partial charge < -0.3 is 5.32 Å². The Morgan fingerprint density at radius 2 is 1.97 bits per heavy atom. The molecule has 4 aromatic heterocycles. The van der Waals surface area contributed by atoms with E-state index in [2.05, 4.69) is 20.1 Å². The maximum atomic E-state index is 7.34. The number of fused-ring (bicyclic) bond motifs is 1. The number of hydrogen-bond donors (Lipinski definition) is 1. The molecule has 0 fully saturated rings. The van der Waals surface area contributed by atoms with Crippen LogP contribution in [-0.2, 0) is 6.54 Å². The minimum Gasteiger partial charge on any atom is -0.363 e. The summed E-state index contributed by atoms with van der Waals surface area (Å²) in [5.74, 6) is 1.27. The van der Waals surface area contributed by atoms with Gasteiger partial charge in [0, 0.05) is 35.9 Å². The van der Waals surface area contributed by atoms with Gasteiger partial charge >= 0.3 is 0 Å². The van der Waals surface area contributed by atoms with Crippen LogP contribution in [0.1, 0.15) is 11.3 Å². The monoisotopic (exact) mass is 417 g/mol. The fraction of sp³-hybridized carbons (Fsp3) is 0.0800. The van der Waals surface area contributed by atoms with Gasteiger partial charge in [0.25, 0.3) is 0 Å². The van der Waals surface area contributed by atoms with Gasteiger partial charge in [-0.3, -0.25) is 9.97 Å². The van der Waals surface area contributed by atoms with Gasteiger partial charge in [0.1, 0.15) is 5.52 Å². The number of hydrogen-bond acceptors (Lipinski definition) is 5. The van der Waals surface area contributed by atoms with Crippen molar-refractivity contribution < 1.29 is 0 Å². The zero-order valence-corrected chi connectivity index (χ0v) is 17.4. The van der Waals surface area contributed by atoms with E-state index in [-0.39, 0.29) is 0 Å². The van der Waals surface area contributed by atoms with E-state index in [0.29, 0.717) is 23.9 Å². The summed E-state index contributed by atoms with van der Waals surface area (Å²) in [6.45, 7) is 9.86. The van der Waals surface area contributed by atoms with Gasteiger partial charge in [-0.15, -0.1) is 5.10 Å². The molecule has 0 spiro atoms. The quantitative estimate of drug-likeness (QED) is 0.392. The van der Waals surface area contributed by atoms with Crippen molar-refractivity contribution >= 4 is 17.0 Å². The summed E-state index contributed by atoms with van der Waals surface area (Å²) in [7, 11) is 0. The van der Waals surface area contributed by atoms with Crippen molar-refractivity contribution in [2.24, 2.45) is 0 Å². The van der Waals surface area contributed by atoms with E-state index in [9.17, 15) is 0 Å². The van der Waals surface area contributed by atoms with Gasteiger partial charge in [0.05, 0.1) is 18.8 Å². The third-order valence-corrected chi connectivity index (χ3v) is 5.09. The first kappa shape index (κ1) is 19.4. The molecule has 0 amide bonds. The lowest BCUT2D eigenvalue weighted by atomic mass is 10.1. The van der Waals surface area contributed by atoms with Crippen molar-refractivity contribution in [2.75, 3.05) is 5.32 Å². The van der Waals surface area contributed by atoms with Crippen molar-refractivity contribution in [3.05, 3.63) is 102 Å². The number of nitrogens with one attached hydrogen (secondary N) is 1. The molecule has 0 aliphatic carbocycles. The van der Waals surface area contributed by atoms with Crippen LogP contribution < -0.4 is 5.32 Å². The molecule has 7 nitrogen and oxygen atoms in total. The van der Waals surface area contributed by atoms with Crippen LogP contribution in [0.25, 0.3) is 32.9 Å². The standard InChI is InChI=1S/C25H19N7/c1-17-12-19(15-27-14-17)24-30-25(29-16-21-7-3-4-10-28-21)23-22(9-11-32(23)31-24)18-6-5-8-20(13-18)26-2/h3-15H,16H2,1H3,(H,29,30,31). The fourth-order valence-electron chi connectivity index (χ4n) is 3.60. The second-order valence-electron chi connectivity index (χ2n) is 7.39. The summed E-state index contributed by atoms with van der Waals surface area (Å²) in [5, 5.41) is 8.18. The maximum absolute atomic E-state index is 7.34. The number of aryl methyl sites for hydroxylation is 1. The predicted molar refractivity (Wildman–Crippen MR) is 124 cm³/mol. The molecule has 154 valence electrons. The smallest absolute Gasteiger partial charge is 0.187 e. The summed E-state index contributed by atoms with van der Waals surface area (Å²) in [6, 6.07) is 17.4. The van der Waals surface area contributed by atoms with E-state index < -0.39 is 0 Å². The number of nitrogens with zero attached hydrogens (tertiary/aromatic N) is 6. The number of anilines is 1. The molecule has 0 saturated carbocycles. The van der Waals surface area contributed by atoms with Crippen LogP contribution in [0.2, 0.25) is 0 Å². The maximum Gasteiger partial charge on any atom is 0.187 e. The summed E-state index contributed by atoms with van der Waals surface area (Å²) in [4.78, 5) is 17.1. The third kappa shape index (κ3) is 3.77. The number of benzene rings is 1. The van der Waals surface area contributed by atoms with Gasteiger partial charge in [-0.2, -0.15) is 0 Å². The van der Waals surface area contributed by atoms with Crippen LogP contribution in [-0.4, -0.2) is 24.6 Å². The molecule has 0 atom stereocenters. The minimum absolute atomic E-state index is 0.520. The molecule has 0 aliphatic heterocycles. The van der Waals surface area contributed by atoms with Gasteiger partial charge in [-0.25, -0.2) is 14.3 Å². The Balaban J connectivity index is 1.66. The van der Waals surface area contributed by atoms with Crippen LogP contribution in [0.5, 0.6) is 0 Å². The summed E-state index contributed by atoms with van der Waals surface area (Å²) < 4.78 is 1.82. The van der Waals surface area contributed by atoms with Crippen molar-refractivity contribution in [3.8, 4) is 22.5 Å². The average molecular weight is 417 g/mol. The zero-order chi connectivity index (χ0) is 21.9. The summed E-state index contributed by atoms with van der Waals surface area (Å²) in [5.41, 5.74) is 6.12. The first-order valence-electron chi connectivity index (χ1n) is 10.1. The number of rotatable bonds is 5. The Kier molecular flexibility index (Phi) is 5.02. The molecule has 0 bridgehead atoms. The predicted octanol–water partition coefficient (Wildman–Crippen LogP) is 5.32. The summed E-state index contributed by atoms with van der Waals surface area (Å²) >= 11 is 0. The Bertz CT molecular complexity index is 1450. The molecule has 1 N–H and O–H groups in total. The molecule has 7 heteroatoms. The lowest BCUT2D eigenvalue weighted by molar-refractivity contribution is 0.905. The van der Waals surface area contributed by atoms with Crippen molar-refractivity contribution in [1.82, 2.24) is 24.6 Å². The number of pyridine rings is 2. The van der Waals surface area contributed by atoms with Gasteiger partial charge in [-0.1, -0.05) is 24.3 Å². The molecule has 4 heterocycles. The van der Waals surface area contributed by atoms with Crippen LogP contribution in [0.4, 0.5) is 11.5 Å². The van der Waals surface area contributed by atoms with E-state index in [1.165, 1.54) is 0 Å². The molecular formula is C25H19N7. The van der Waals surface area contributed by atoms with Gasteiger partial charge in [0.15, 0.2) is 17.3 Å². The van der Waals surface area contributed by atoms with Crippen molar-refractivity contribution in [1.29, 1.82) is 0 Å². The molecule has 0 unspecified atom stereocenters. The van der Waals surface area contributed by atoms with Gasteiger partial charge in [-0.05, 0) is 48.4 Å². The Hall–Kier alpha value is -4.57. The first-order chi connectivity index (χ1) is 15.7. The molecule has 1 aromatic carbocycles. The Morgan fingerprint density at radius 3 is 2.78 bits per heavy atom. The molecule has 5 aromatic rings. The number of aromatic nitrogens is 5. The highest BCUT2D eigenvalue weighted by Crippen LogP contribution is 2.33. The Morgan fingerprint density at radius 1 is 1.03 bits per heavy atom. The highest BCUT2D eigenvalue weighted by molar-refractivity contribution is 5.90. The molecule has 0 radical (unpaired) electrons. The SMILES string of the molecule is [C-]#[N+]c1cccc(-c2ccn3nc(-c4cncc(C)c4)nc(NCc4ccccn4)c23)c1. The second kappa shape index (κ2) is 8.28. The lowest BCUT2D eigenvalue weighted by Gasteiger charge is -2.12. The average Bonchev–Trinajstić information content (AvgIpc) is 3.27. The summed E-state index contributed by atoms with van der Waals surface area (Å²) in [6.07, 6.45) is 7.26. The Labute approximate surface area is 185 Å². The van der Waals surface area contributed by atoms with Gasteiger partial charge in [0.2, 0.25) is 0 Å². The highest BCUT2D eigenvalue weighted by Gasteiger charge is 2.16. The van der Waals surface area contributed by atoms with Crippen LogP contribution in [0, 0.1) is 13.5 Å². The topological polar surface area (TPSA) is 72.4 Å². The van der Waals surface area contributed by atoms with E-state index in [1.54, 1.807) is 24.7 Å². The van der Waals surface area contributed by atoms with E-state index in [4.69, 9.17) is 16.7 Å².